The van der Waals surface area contributed by atoms with Crippen LogP contribution in [-0.4, -0.2) is 24.2 Å². The third-order valence-electron chi connectivity index (χ3n) is 3.31. The molecule has 2 N–H and O–H groups in total. The zero-order chi connectivity index (χ0) is 15.3. The van der Waals surface area contributed by atoms with E-state index in [1.807, 2.05) is 25.1 Å². The zero-order valence-electron chi connectivity index (χ0n) is 13.0. The number of rotatable bonds is 7. The predicted molar refractivity (Wildman–Crippen MR) is 80.2 cm³/mol. The SMILES string of the molecule is CCNC(C)c1ccc(C)cc1OCC(C)(C)C(=O)O. The van der Waals surface area contributed by atoms with Gasteiger partial charge in [0.25, 0.3) is 0 Å². The number of carboxylic acid groups (broad SMARTS) is 1. The van der Waals surface area contributed by atoms with Gasteiger partial charge in [-0.05, 0) is 45.9 Å². The molecule has 20 heavy (non-hydrogen) atoms. The molecular weight excluding hydrogens is 254 g/mol. The summed E-state index contributed by atoms with van der Waals surface area (Å²) >= 11 is 0. The molecule has 0 aliphatic rings. The van der Waals surface area contributed by atoms with Crippen molar-refractivity contribution < 1.29 is 14.6 Å². The molecule has 112 valence electrons. The molecule has 0 spiro atoms. The number of aliphatic carboxylic acids is 1. The van der Waals surface area contributed by atoms with E-state index in [1.165, 1.54) is 0 Å². The Morgan fingerprint density at radius 2 is 2.10 bits per heavy atom. The van der Waals surface area contributed by atoms with Crippen LogP contribution in [0.5, 0.6) is 5.75 Å². The second-order valence-corrected chi connectivity index (χ2v) is 5.80. The van der Waals surface area contributed by atoms with E-state index in [0.717, 1.165) is 23.4 Å². The fourth-order valence-corrected chi connectivity index (χ4v) is 1.86. The molecule has 1 atom stereocenters. The smallest absolute Gasteiger partial charge is 0.312 e. The molecule has 1 aromatic carbocycles. The molecule has 0 heterocycles. The van der Waals surface area contributed by atoms with Crippen molar-refractivity contribution in [3.05, 3.63) is 29.3 Å². The first-order chi connectivity index (χ1) is 9.27. The van der Waals surface area contributed by atoms with Crippen LogP contribution in [0.4, 0.5) is 0 Å². The van der Waals surface area contributed by atoms with Crippen molar-refractivity contribution in [2.75, 3.05) is 13.2 Å². The Morgan fingerprint density at radius 3 is 2.65 bits per heavy atom. The van der Waals surface area contributed by atoms with Gasteiger partial charge in [-0.25, -0.2) is 0 Å². The van der Waals surface area contributed by atoms with Gasteiger partial charge in [-0.1, -0.05) is 19.1 Å². The minimum atomic E-state index is -0.900. The molecule has 4 nitrogen and oxygen atoms in total. The van der Waals surface area contributed by atoms with Crippen LogP contribution in [0.1, 0.15) is 44.9 Å². The van der Waals surface area contributed by atoms with Crippen molar-refractivity contribution in [1.82, 2.24) is 5.32 Å². The van der Waals surface area contributed by atoms with E-state index in [0.29, 0.717) is 0 Å². The number of hydrogen-bond acceptors (Lipinski definition) is 3. The summed E-state index contributed by atoms with van der Waals surface area (Å²) in [4.78, 5) is 11.1. The maximum Gasteiger partial charge on any atom is 0.312 e. The topological polar surface area (TPSA) is 58.6 Å². The molecule has 1 unspecified atom stereocenters. The van der Waals surface area contributed by atoms with E-state index in [2.05, 4.69) is 19.2 Å². The highest BCUT2D eigenvalue weighted by Crippen LogP contribution is 2.28. The highest BCUT2D eigenvalue weighted by atomic mass is 16.5. The molecule has 4 heteroatoms. The van der Waals surface area contributed by atoms with Gasteiger partial charge in [0, 0.05) is 11.6 Å². The summed E-state index contributed by atoms with van der Waals surface area (Å²) in [7, 11) is 0. The van der Waals surface area contributed by atoms with Crippen molar-refractivity contribution in [1.29, 1.82) is 0 Å². The van der Waals surface area contributed by atoms with Crippen molar-refractivity contribution in [3.8, 4) is 5.75 Å². The summed E-state index contributed by atoms with van der Waals surface area (Å²) in [6, 6.07) is 6.20. The average molecular weight is 279 g/mol. The first-order valence-electron chi connectivity index (χ1n) is 6.98. The average Bonchev–Trinajstić information content (AvgIpc) is 2.36. The van der Waals surface area contributed by atoms with E-state index in [1.54, 1.807) is 13.8 Å². The first-order valence-corrected chi connectivity index (χ1v) is 6.98. The Kier molecular flexibility index (Phi) is 5.57. The number of hydrogen-bond donors (Lipinski definition) is 2. The third-order valence-corrected chi connectivity index (χ3v) is 3.31. The van der Waals surface area contributed by atoms with Crippen molar-refractivity contribution in [2.24, 2.45) is 5.41 Å². The molecule has 0 aromatic heterocycles. The summed E-state index contributed by atoms with van der Waals surface area (Å²) in [6.07, 6.45) is 0. The molecule has 0 fully saturated rings. The predicted octanol–water partition coefficient (Wildman–Crippen LogP) is 3.16. The number of nitrogens with one attached hydrogen (secondary N) is 1. The van der Waals surface area contributed by atoms with Gasteiger partial charge >= 0.3 is 5.97 Å². The second-order valence-electron chi connectivity index (χ2n) is 5.80. The quantitative estimate of drug-likeness (QED) is 0.805. The maximum atomic E-state index is 11.1. The van der Waals surface area contributed by atoms with Crippen molar-refractivity contribution in [2.45, 2.75) is 40.7 Å². The number of carbonyl (C=O) groups is 1. The molecule has 0 saturated carbocycles. The monoisotopic (exact) mass is 279 g/mol. The summed E-state index contributed by atoms with van der Waals surface area (Å²) in [5, 5.41) is 12.5. The summed E-state index contributed by atoms with van der Waals surface area (Å²) in [6.45, 7) is 10.5. The number of aryl methyl sites for hydroxylation is 1. The van der Waals surface area contributed by atoms with Crippen LogP contribution in [0.3, 0.4) is 0 Å². The number of carboxylic acids is 1. The minimum absolute atomic E-state index is 0.150. The molecule has 1 rings (SSSR count). The third kappa shape index (κ3) is 4.23. The lowest BCUT2D eigenvalue weighted by Gasteiger charge is -2.23. The lowest BCUT2D eigenvalue weighted by molar-refractivity contribution is -0.148. The van der Waals surface area contributed by atoms with Gasteiger partial charge in [-0.15, -0.1) is 0 Å². The van der Waals surface area contributed by atoms with Gasteiger partial charge in [-0.2, -0.15) is 0 Å². The van der Waals surface area contributed by atoms with Crippen molar-refractivity contribution in [3.63, 3.8) is 0 Å². The van der Waals surface area contributed by atoms with Gasteiger partial charge in [0.1, 0.15) is 12.4 Å². The molecule has 0 bridgehead atoms. The van der Waals surface area contributed by atoms with Crippen LogP contribution in [0.2, 0.25) is 0 Å². The zero-order valence-corrected chi connectivity index (χ0v) is 13.0. The Morgan fingerprint density at radius 1 is 1.45 bits per heavy atom. The van der Waals surface area contributed by atoms with Crippen LogP contribution in [0.15, 0.2) is 18.2 Å². The lowest BCUT2D eigenvalue weighted by atomic mass is 9.95. The lowest BCUT2D eigenvalue weighted by Crippen LogP contribution is -2.31. The highest BCUT2D eigenvalue weighted by Gasteiger charge is 2.28. The summed E-state index contributed by atoms with van der Waals surface area (Å²) in [5.74, 6) is -0.0980. The van der Waals surface area contributed by atoms with Crippen molar-refractivity contribution >= 4 is 5.97 Å². The van der Waals surface area contributed by atoms with Crippen LogP contribution in [-0.2, 0) is 4.79 Å². The molecule has 1 aromatic rings. The summed E-state index contributed by atoms with van der Waals surface area (Å²) < 4.78 is 5.79. The molecule has 0 amide bonds. The molecule has 0 aliphatic heterocycles. The first kappa shape index (κ1) is 16.5. The standard InChI is InChI=1S/C16H25NO3/c1-6-17-12(3)13-8-7-11(2)9-14(13)20-10-16(4,5)15(18)19/h7-9,12,17H,6,10H2,1-5H3,(H,18,19). The largest absolute Gasteiger partial charge is 0.492 e. The highest BCUT2D eigenvalue weighted by molar-refractivity contribution is 5.73. The maximum absolute atomic E-state index is 11.1. The van der Waals surface area contributed by atoms with E-state index >= 15 is 0 Å². The fraction of sp³-hybridized carbons (Fsp3) is 0.562. The Balaban J connectivity index is 2.93. The van der Waals surface area contributed by atoms with Crippen LogP contribution in [0.25, 0.3) is 0 Å². The van der Waals surface area contributed by atoms with Crippen LogP contribution < -0.4 is 10.1 Å². The number of benzene rings is 1. The van der Waals surface area contributed by atoms with Crippen LogP contribution >= 0.6 is 0 Å². The molecular formula is C16H25NO3. The molecule has 0 saturated heterocycles. The molecule has 0 radical (unpaired) electrons. The molecule has 0 aliphatic carbocycles. The van der Waals surface area contributed by atoms with E-state index in [-0.39, 0.29) is 12.6 Å². The van der Waals surface area contributed by atoms with E-state index in [9.17, 15) is 4.79 Å². The summed E-state index contributed by atoms with van der Waals surface area (Å²) in [5.41, 5.74) is 1.25. The van der Waals surface area contributed by atoms with E-state index < -0.39 is 11.4 Å². The van der Waals surface area contributed by atoms with E-state index in [4.69, 9.17) is 9.84 Å². The normalized spacial score (nSPS) is 13.1. The van der Waals surface area contributed by atoms with Gasteiger partial charge in [-0.3, -0.25) is 4.79 Å². The Bertz CT molecular complexity index is 469. The minimum Gasteiger partial charge on any atom is -0.492 e. The van der Waals surface area contributed by atoms with Gasteiger partial charge in [0.2, 0.25) is 0 Å². The number of ether oxygens (including phenoxy) is 1. The van der Waals surface area contributed by atoms with Crippen LogP contribution in [0, 0.1) is 12.3 Å². The van der Waals surface area contributed by atoms with Gasteiger partial charge in [0.05, 0.1) is 5.41 Å². The van der Waals surface area contributed by atoms with Gasteiger partial charge < -0.3 is 15.2 Å². The van der Waals surface area contributed by atoms with Gasteiger partial charge in [0.15, 0.2) is 0 Å². The second kappa shape index (κ2) is 6.75. The fourth-order valence-electron chi connectivity index (χ4n) is 1.86. The Labute approximate surface area is 121 Å². The Hall–Kier alpha value is -1.55.